The number of hydrogen-bond donors (Lipinski definition) is 4. The van der Waals surface area contributed by atoms with Crippen molar-refractivity contribution in [2.45, 2.75) is 6.04 Å². The van der Waals surface area contributed by atoms with Crippen LogP contribution in [0.4, 0.5) is 5.13 Å². The molecule has 0 unspecified atom stereocenters. The summed E-state index contributed by atoms with van der Waals surface area (Å²) in [5, 5.41) is 7.53. The number of anilines is 1. The topological polar surface area (TPSA) is 167 Å². The lowest BCUT2D eigenvalue weighted by Gasteiger charge is -2.37. The second-order valence-corrected chi connectivity index (χ2v) is 6.55. The van der Waals surface area contributed by atoms with Gasteiger partial charge in [0.15, 0.2) is 10.8 Å². The highest BCUT2D eigenvalue weighted by atomic mass is 32.1. The van der Waals surface area contributed by atoms with E-state index >= 15 is 0 Å². The zero-order valence-corrected chi connectivity index (χ0v) is 12.9. The van der Waals surface area contributed by atoms with Gasteiger partial charge in [0, 0.05) is 5.38 Å². The van der Waals surface area contributed by atoms with E-state index in [9.17, 15) is 14.2 Å². The molecule has 0 aromatic carbocycles. The Morgan fingerprint density at radius 2 is 2.36 bits per heavy atom. The molecule has 0 radical (unpaired) electrons. The van der Waals surface area contributed by atoms with E-state index < -0.39 is 25.6 Å². The van der Waals surface area contributed by atoms with Crippen molar-refractivity contribution >= 4 is 41.7 Å². The number of nitrogens with two attached hydrogens (primary N) is 1. The van der Waals surface area contributed by atoms with Gasteiger partial charge in [0.1, 0.15) is 18.8 Å². The number of oxime groups is 1. The quantitative estimate of drug-likeness (QED) is 0.215. The lowest BCUT2D eigenvalue weighted by atomic mass is 10.1. The molecule has 1 aliphatic rings. The molecule has 0 saturated carbocycles. The van der Waals surface area contributed by atoms with Crippen molar-refractivity contribution in [1.82, 2.24) is 15.0 Å². The summed E-state index contributed by atoms with van der Waals surface area (Å²) in [6.07, 6.45) is 0. The molecule has 1 fully saturated rings. The first-order chi connectivity index (χ1) is 10.2. The smallest absolute Gasteiger partial charge is 0.398 e. The van der Waals surface area contributed by atoms with Gasteiger partial charge in [-0.1, -0.05) is 5.16 Å². The number of aromatic nitrogens is 1. The van der Waals surface area contributed by atoms with Gasteiger partial charge in [0.25, 0.3) is 11.8 Å². The molecule has 1 saturated heterocycles. The van der Waals surface area contributed by atoms with Crippen LogP contribution in [0.1, 0.15) is 5.69 Å². The van der Waals surface area contributed by atoms with Gasteiger partial charge in [-0.15, -0.1) is 11.3 Å². The second-order valence-electron chi connectivity index (χ2n) is 4.15. The molecule has 2 heterocycles. The minimum atomic E-state index is -4.65. The molecule has 1 aliphatic heterocycles. The van der Waals surface area contributed by atoms with Gasteiger partial charge < -0.3 is 25.7 Å². The van der Waals surface area contributed by atoms with Crippen LogP contribution in [0.3, 0.4) is 0 Å². The van der Waals surface area contributed by atoms with Crippen molar-refractivity contribution in [3.8, 4) is 0 Å². The number of carbonyl (C=O) groups is 2. The Balaban J connectivity index is 2.07. The number of nitrogen functional groups attached to an aromatic ring is 1. The molecular formula is C9H12N5O6PS. The first kappa shape index (κ1) is 16.4. The molecule has 120 valence electrons. The van der Waals surface area contributed by atoms with Gasteiger partial charge in [-0.25, -0.2) is 14.2 Å². The fraction of sp³-hybridized carbons (Fsp3) is 0.333. The van der Waals surface area contributed by atoms with Crippen molar-refractivity contribution in [2.75, 3.05) is 19.4 Å². The summed E-state index contributed by atoms with van der Waals surface area (Å²) in [6.45, 7) is -0.297. The Morgan fingerprint density at radius 1 is 1.68 bits per heavy atom. The summed E-state index contributed by atoms with van der Waals surface area (Å²) < 4.78 is 11.3. The van der Waals surface area contributed by atoms with Crippen molar-refractivity contribution in [3.05, 3.63) is 11.1 Å². The van der Waals surface area contributed by atoms with Crippen LogP contribution in [-0.2, 0) is 19.0 Å². The molecule has 13 heteroatoms. The van der Waals surface area contributed by atoms with E-state index in [-0.39, 0.29) is 23.1 Å². The predicted octanol–water partition coefficient (Wildman–Crippen LogP) is -1.50. The number of thiazole rings is 1. The molecule has 22 heavy (non-hydrogen) atoms. The average molecular weight is 349 g/mol. The highest BCUT2D eigenvalue weighted by Gasteiger charge is 2.47. The fourth-order valence-electron chi connectivity index (χ4n) is 1.67. The van der Waals surface area contributed by atoms with Gasteiger partial charge in [0.05, 0.1) is 6.54 Å². The molecule has 1 aromatic heterocycles. The van der Waals surface area contributed by atoms with Gasteiger partial charge in [-0.3, -0.25) is 9.59 Å². The molecule has 0 aliphatic carbocycles. The standard InChI is InChI=1S/C9H12N5O6PS/c1-20-13-6(5-3-22-9(10)12-5)7(15)11-4-2-14(8(4)16)21(17,18)19/h3-4H,2H2,1H3,(H2,10,12)(H,11,15)(H2,17,18,19)/b13-6-/t4-/m0/s1. The Kier molecular flexibility index (Phi) is 4.47. The summed E-state index contributed by atoms with van der Waals surface area (Å²) in [6, 6.07) is -1.04. The number of hydrogen-bond acceptors (Lipinski definition) is 8. The zero-order chi connectivity index (χ0) is 16.5. The first-order valence-electron chi connectivity index (χ1n) is 5.75. The minimum absolute atomic E-state index is 0.167. The Morgan fingerprint density at radius 3 is 2.82 bits per heavy atom. The van der Waals surface area contributed by atoms with Gasteiger partial charge >= 0.3 is 7.75 Å². The summed E-state index contributed by atoms with van der Waals surface area (Å²) >= 11 is 1.09. The maximum Gasteiger partial charge on any atom is 0.432 e. The minimum Gasteiger partial charge on any atom is -0.398 e. The van der Waals surface area contributed by atoms with E-state index in [2.05, 4.69) is 20.3 Å². The summed E-state index contributed by atoms with van der Waals surface area (Å²) in [4.78, 5) is 49.8. The van der Waals surface area contributed by atoms with E-state index in [0.717, 1.165) is 11.3 Å². The zero-order valence-electron chi connectivity index (χ0n) is 11.2. The molecular weight excluding hydrogens is 337 g/mol. The van der Waals surface area contributed by atoms with Gasteiger partial charge in [-0.2, -0.15) is 0 Å². The van der Waals surface area contributed by atoms with Crippen LogP contribution in [0, 0.1) is 0 Å². The van der Waals surface area contributed by atoms with Crippen molar-refractivity contribution < 1.29 is 28.8 Å². The molecule has 5 N–H and O–H groups in total. The molecule has 0 spiro atoms. The lowest BCUT2D eigenvalue weighted by molar-refractivity contribution is -0.140. The highest BCUT2D eigenvalue weighted by molar-refractivity contribution is 7.50. The summed E-state index contributed by atoms with van der Waals surface area (Å²) in [7, 11) is -3.42. The second kappa shape index (κ2) is 6.01. The van der Waals surface area contributed by atoms with Crippen LogP contribution in [-0.4, -0.2) is 56.7 Å². The molecule has 11 nitrogen and oxygen atoms in total. The SMILES string of the molecule is CO/N=C(\C(=O)N[C@H]1CN(P(=O)(O)O)C1=O)c1csc(N)n1. The normalized spacial score (nSPS) is 18.9. The molecule has 1 aromatic rings. The third kappa shape index (κ3) is 3.25. The summed E-state index contributed by atoms with van der Waals surface area (Å²) in [5.41, 5.74) is 5.44. The summed E-state index contributed by atoms with van der Waals surface area (Å²) in [5.74, 6) is -1.65. The van der Waals surface area contributed by atoms with Crippen LogP contribution in [0.25, 0.3) is 0 Å². The number of nitrogens with one attached hydrogen (secondary N) is 1. The Labute approximate surface area is 128 Å². The van der Waals surface area contributed by atoms with Crippen LogP contribution < -0.4 is 11.1 Å². The number of β-lactam (4-membered cyclic amide) rings is 1. The molecule has 2 rings (SSSR count). The van der Waals surface area contributed by atoms with Gasteiger partial charge in [0.2, 0.25) is 0 Å². The average Bonchev–Trinajstić information content (AvgIpc) is 2.84. The fourth-order valence-corrected chi connectivity index (χ4v) is 2.99. The number of carbonyl (C=O) groups excluding carboxylic acids is 2. The maximum absolute atomic E-state index is 12.1. The van der Waals surface area contributed by atoms with Crippen molar-refractivity contribution in [2.24, 2.45) is 5.16 Å². The number of nitrogens with zero attached hydrogens (tertiary/aromatic N) is 3. The van der Waals surface area contributed by atoms with Gasteiger partial charge in [-0.05, 0) is 0 Å². The van der Waals surface area contributed by atoms with Crippen LogP contribution in [0.5, 0.6) is 0 Å². The molecule has 0 bridgehead atoms. The van der Waals surface area contributed by atoms with Crippen molar-refractivity contribution in [3.63, 3.8) is 0 Å². The Hall–Kier alpha value is -2.01. The van der Waals surface area contributed by atoms with Crippen molar-refractivity contribution in [1.29, 1.82) is 0 Å². The van der Waals surface area contributed by atoms with E-state index in [1.54, 1.807) is 0 Å². The highest BCUT2D eigenvalue weighted by Crippen LogP contribution is 2.44. The third-order valence-corrected chi connectivity index (χ3v) is 4.35. The number of rotatable bonds is 5. The van der Waals surface area contributed by atoms with E-state index in [1.807, 2.05) is 0 Å². The monoisotopic (exact) mass is 349 g/mol. The number of amides is 2. The van der Waals surface area contributed by atoms with Crippen LogP contribution in [0.15, 0.2) is 10.5 Å². The van der Waals surface area contributed by atoms with Crippen LogP contribution >= 0.6 is 19.1 Å². The largest absolute Gasteiger partial charge is 0.432 e. The first-order valence-corrected chi connectivity index (χ1v) is 8.19. The van der Waals surface area contributed by atoms with E-state index in [0.29, 0.717) is 4.67 Å². The lowest BCUT2D eigenvalue weighted by Crippen LogP contribution is -2.63. The maximum atomic E-state index is 12.1. The molecule has 1 atom stereocenters. The third-order valence-electron chi connectivity index (χ3n) is 2.69. The van der Waals surface area contributed by atoms with Crippen LogP contribution in [0.2, 0.25) is 0 Å². The molecule has 2 amide bonds. The predicted molar refractivity (Wildman–Crippen MR) is 75.8 cm³/mol. The van der Waals surface area contributed by atoms with E-state index in [1.165, 1.54) is 12.5 Å². The Bertz CT molecular complexity index is 684. The van der Waals surface area contributed by atoms with E-state index in [4.69, 9.17) is 15.5 Å².